The average molecular weight is 731 g/mol. The van der Waals surface area contributed by atoms with Crippen LogP contribution in [0.2, 0.25) is 0 Å². The van der Waals surface area contributed by atoms with Gasteiger partial charge in [-0.15, -0.1) is 0 Å². The Labute approximate surface area is 318 Å². The van der Waals surface area contributed by atoms with Crippen molar-refractivity contribution >= 4 is 17.9 Å². The van der Waals surface area contributed by atoms with Crippen molar-refractivity contribution in [3.8, 4) is 0 Å². The Bertz CT molecular complexity index is 1040. The van der Waals surface area contributed by atoms with E-state index in [2.05, 4.69) is 68.5 Å². The molecule has 1 N–H and O–H groups in total. The highest BCUT2D eigenvalue weighted by Crippen LogP contribution is 2.12. The maximum Gasteiger partial charge on any atom is 0.362 e. The molecule has 52 heavy (non-hydrogen) atoms. The van der Waals surface area contributed by atoms with Gasteiger partial charge in [-0.2, -0.15) is 0 Å². The Balaban J connectivity index is 4.42. The predicted molar refractivity (Wildman–Crippen MR) is 215 cm³/mol. The third kappa shape index (κ3) is 32.9. The van der Waals surface area contributed by atoms with Crippen molar-refractivity contribution in [3.05, 3.63) is 60.8 Å². The van der Waals surface area contributed by atoms with Crippen LogP contribution in [0.5, 0.6) is 0 Å². The smallest absolute Gasteiger partial charge is 0.362 e. The number of carbonyl (C=O) groups excluding carboxylic acids is 2. The largest absolute Gasteiger partial charge is 0.477 e. The van der Waals surface area contributed by atoms with E-state index in [4.69, 9.17) is 14.2 Å². The summed E-state index contributed by atoms with van der Waals surface area (Å²) in [5.74, 6) is -1.52. The quantitative estimate of drug-likeness (QED) is 0.0228. The molecular weight excluding hydrogens is 654 g/mol. The molecule has 0 saturated carbocycles. The van der Waals surface area contributed by atoms with E-state index < -0.39 is 18.1 Å². The number of allylic oxidation sites excluding steroid dienone is 10. The Hall–Kier alpha value is -2.97. The first-order valence-electron chi connectivity index (χ1n) is 20.4. The Morgan fingerprint density at radius 3 is 1.62 bits per heavy atom. The monoisotopic (exact) mass is 731 g/mol. The summed E-state index contributed by atoms with van der Waals surface area (Å²) in [5, 5.41) is 9.59. The summed E-state index contributed by atoms with van der Waals surface area (Å²) in [6, 6.07) is -0.621. The van der Waals surface area contributed by atoms with Crippen LogP contribution in [-0.4, -0.2) is 80.6 Å². The summed E-state index contributed by atoms with van der Waals surface area (Å²) < 4.78 is 17.2. The zero-order chi connectivity index (χ0) is 38.5. The first-order chi connectivity index (χ1) is 25.1. The molecule has 0 aliphatic rings. The summed E-state index contributed by atoms with van der Waals surface area (Å²) in [7, 11) is 5.50. The number of carbonyl (C=O) groups is 3. The van der Waals surface area contributed by atoms with E-state index in [1.165, 1.54) is 32.1 Å². The van der Waals surface area contributed by atoms with Crippen LogP contribution in [0.15, 0.2) is 60.8 Å². The van der Waals surface area contributed by atoms with Crippen LogP contribution < -0.4 is 0 Å². The average Bonchev–Trinajstić information content (AvgIpc) is 3.09. The molecule has 0 rings (SSSR count). The summed E-state index contributed by atoms with van der Waals surface area (Å²) in [4.78, 5) is 36.8. The first-order valence-corrected chi connectivity index (χ1v) is 20.4. The molecule has 0 saturated heterocycles. The highest BCUT2D eigenvalue weighted by atomic mass is 16.6. The highest BCUT2D eigenvalue weighted by molar-refractivity contribution is 5.72. The number of nitrogens with zero attached hydrogens (tertiary/aromatic N) is 1. The lowest BCUT2D eigenvalue weighted by atomic mass is 10.1. The van der Waals surface area contributed by atoms with Gasteiger partial charge in [0.2, 0.25) is 0 Å². The van der Waals surface area contributed by atoms with Crippen molar-refractivity contribution in [3.63, 3.8) is 0 Å². The van der Waals surface area contributed by atoms with Crippen LogP contribution in [0.1, 0.15) is 149 Å². The number of unbranched alkanes of at least 4 members (excludes halogenated alkanes) is 14. The maximum atomic E-state index is 12.6. The van der Waals surface area contributed by atoms with Gasteiger partial charge in [0.15, 0.2) is 12.1 Å². The first kappa shape index (κ1) is 49.0. The zero-order valence-electron chi connectivity index (χ0n) is 33.7. The Morgan fingerprint density at radius 2 is 1.06 bits per heavy atom. The number of likely N-dealkylation sites (N-methyl/N-ethyl adjacent to an activating group) is 1. The number of aliphatic carboxylic acids is 1. The third-order valence-corrected chi connectivity index (χ3v) is 8.73. The SMILES string of the molecule is CCCC/C=C/CCCCCCC(=O)OC(COCCC(C(=O)O)[N+](C)(C)C)COC(=O)CCCCCCC/C=C/C=C/C=C/C=C/CCCCC. The third-order valence-electron chi connectivity index (χ3n) is 8.73. The van der Waals surface area contributed by atoms with Crippen LogP contribution in [0.4, 0.5) is 0 Å². The fourth-order valence-electron chi connectivity index (χ4n) is 5.49. The normalized spacial score (nSPS) is 13.6. The fraction of sp³-hybridized carbons (Fsp3) is 0.705. The van der Waals surface area contributed by atoms with Gasteiger partial charge in [-0.05, 0) is 57.8 Å². The van der Waals surface area contributed by atoms with Gasteiger partial charge in [-0.3, -0.25) is 9.59 Å². The van der Waals surface area contributed by atoms with E-state index in [1.54, 1.807) is 0 Å². The fourth-order valence-corrected chi connectivity index (χ4v) is 5.49. The van der Waals surface area contributed by atoms with Gasteiger partial charge in [0.1, 0.15) is 6.61 Å². The highest BCUT2D eigenvalue weighted by Gasteiger charge is 2.31. The van der Waals surface area contributed by atoms with Gasteiger partial charge in [0.25, 0.3) is 0 Å². The second-order valence-electron chi connectivity index (χ2n) is 14.6. The molecule has 8 nitrogen and oxygen atoms in total. The molecule has 0 amide bonds. The van der Waals surface area contributed by atoms with Crippen LogP contribution >= 0.6 is 0 Å². The molecule has 2 atom stereocenters. The minimum Gasteiger partial charge on any atom is -0.477 e. The van der Waals surface area contributed by atoms with Gasteiger partial charge in [0.05, 0.1) is 34.4 Å². The zero-order valence-corrected chi connectivity index (χ0v) is 33.7. The predicted octanol–water partition coefficient (Wildman–Crippen LogP) is 10.6. The molecule has 8 heteroatoms. The number of ether oxygens (including phenoxy) is 3. The molecule has 0 spiro atoms. The molecule has 0 aliphatic carbocycles. The van der Waals surface area contributed by atoms with E-state index in [9.17, 15) is 19.5 Å². The second-order valence-corrected chi connectivity index (χ2v) is 14.6. The van der Waals surface area contributed by atoms with Crippen LogP contribution in [-0.2, 0) is 28.6 Å². The maximum absolute atomic E-state index is 12.6. The molecule has 2 unspecified atom stereocenters. The molecule has 298 valence electrons. The van der Waals surface area contributed by atoms with E-state index >= 15 is 0 Å². The summed E-state index contributed by atoms with van der Waals surface area (Å²) >= 11 is 0. The van der Waals surface area contributed by atoms with E-state index in [0.717, 1.165) is 83.5 Å². The van der Waals surface area contributed by atoms with Crippen molar-refractivity contribution in [2.45, 2.75) is 161 Å². The van der Waals surface area contributed by atoms with Gasteiger partial charge in [-0.1, -0.05) is 132 Å². The van der Waals surface area contributed by atoms with Gasteiger partial charge >= 0.3 is 17.9 Å². The minimum absolute atomic E-state index is 0.0460. The molecule has 0 aliphatic heterocycles. The van der Waals surface area contributed by atoms with E-state index in [-0.39, 0.29) is 36.2 Å². The topological polar surface area (TPSA) is 99.1 Å². The number of rotatable bonds is 35. The standard InChI is InChI=1S/C44H75NO7/c1-6-8-10-12-14-16-18-19-20-21-22-23-24-25-27-28-30-32-34-42(46)51-39-40(38-50-37-36-41(44(48)49)45(3,4)5)52-43(47)35-33-31-29-26-17-15-13-11-9-7-2/h13-16,18-23,40-41H,6-12,17,24-39H2,1-5H3/p+1/b15-13+,16-14+,19-18+,21-20+,23-22+. The number of hydrogen-bond donors (Lipinski definition) is 1. The lowest BCUT2D eigenvalue weighted by Gasteiger charge is -2.31. The van der Waals surface area contributed by atoms with Crippen LogP contribution in [0.25, 0.3) is 0 Å². The minimum atomic E-state index is -0.884. The molecular formula is C44H76NO7+. The molecule has 0 aromatic heterocycles. The summed E-state index contributed by atoms with van der Waals surface area (Å²) in [6.45, 7) is 4.59. The van der Waals surface area contributed by atoms with Crippen molar-refractivity contribution in [2.24, 2.45) is 0 Å². The van der Waals surface area contributed by atoms with E-state index in [1.807, 2.05) is 27.2 Å². The molecule has 0 aromatic rings. The summed E-state index contributed by atoms with van der Waals surface area (Å²) in [5.41, 5.74) is 0. The van der Waals surface area contributed by atoms with Crippen molar-refractivity contribution in [1.29, 1.82) is 0 Å². The Kier molecular flexibility index (Phi) is 33.1. The summed E-state index contributed by atoms with van der Waals surface area (Å²) in [6.07, 6.45) is 41.2. The van der Waals surface area contributed by atoms with Crippen molar-refractivity contribution in [1.82, 2.24) is 0 Å². The molecule has 0 heterocycles. The van der Waals surface area contributed by atoms with Gasteiger partial charge < -0.3 is 23.8 Å². The van der Waals surface area contributed by atoms with Crippen molar-refractivity contribution in [2.75, 3.05) is 41.0 Å². The van der Waals surface area contributed by atoms with E-state index in [0.29, 0.717) is 19.3 Å². The lowest BCUT2D eigenvalue weighted by molar-refractivity contribution is -0.887. The molecule has 0 radical (unpaired) electrons. The van der Waals surface area contributed by atoms with Crippen molar-refractivity contribution < 1.29 is 38.2 Å². The number of esters is 2. The number of carboxylic acid groups (broad SMARTS) is 1. The molecule has 0 aromatic carbocycles. The second kappa shape index (κ2) is 35.1. The lowest BCUT2D eigenvalue weighted by Crippen LogP contribution is -2.50. The van der Waals surface area contributed by atoms with Crippen LogP contribution in [0, 0.1) is 0 Å². The molecule has 0 bridgehead atoms. The molecule has 0 fully saturated rings. The number of quaternary nitrogens is 1. The van der Waals surface area contributed by atoms with Gasteiger partial charge in [0, 0.05) is 19.3 Å². The number of carboxylic acids is 1. The number of hydrogen-bond acceptors (Lipinski definition) is 6. The van der Waals surface area contributed by atoms with Gasteiger partial charge in [-0.25, -0.2) is 4.79 Å². The Morgan fingerprint density at radius 1 is 0.577 bits per heavy atom. The van der Waals surface area contributed by atoms with Crippen LogP contribution in [0.3, 0.4) is 0 Å².